The van der Waals surface area contributed by atoms with Crippen LogP contribution in [0.25, 0.3) is 0 Å². The molecule has 106 valence electrons. The molecule has 0 unspecified atom stereocenters. The SMILES string of the molecule is CC(C)(N)C(C)(C)CN1CCN(CC2CC2)CC1. The Morgan fingerprint density at radius 1 is 0.944 bits per heavy atom. The van der Waals surface area contributed by atoms with Crippen molar-refractivity contribution in [2.75, 3.05) is 39.3 Å². The molecule has 0 aromatic heterocycles. The topological polar surface area (TPSA) is 32.5 Å². The molecule has 0 aromatic carbocycles. The third-order valence-corrected chi connectivity index (χ3v) is 5.04. The van der Waals surface area contributed by atoms with Crippen molar-refractivity contribution < 1.29 is 0 Å². The van der Waals surface area contributed by atoms with Gasteiger partial charge in [0.1, 0.15) is 0 Å². The summed E-state index contributed by atoms with van der Waals surface area (Å²) in [6.07, 6.45) is 2.93. The van der Waals surface area contributed by atoms with Crippen molar-refractivity contribution >= 4 is 0 Å². The Labute approximate surface area is 113 Å². The highest BCUT2D eigenvalue weighted by molar-refractivity contribution is 4.93. The molecule has 2 N–H and O–H groups in total. The summed E-state index contributed by atoms with van der Waals surface area (Å²) in [6.45, 7) is 16.3. The molecule has 1 saturated carbocycles. The lowest BCUT2D eigenvalue weighted by Gasteiger charge is -2.44. The number of nitrogens with zero attached hydrogens (tertiary/aromatic N) is 2. The molecule has 0 amide bonds. The number of hydrogen-bond donors (Lipinski definition) is 1. The molecule has 0 bridgehead atoms. The Bertz CT molecular complexity index is 268. The van der Waals surface area contributed by atoms with Gasteiger partial charge in [0.2, 0.25) is 0 Å². The fourth-order valence-corrected chi connectivity index (χ4v) is 2.56. The Morgan fingerprint density at radius 2 is 1.44 bits per heavy atom. The zero-order valence-corrected chi connectivity index (χ0v) is 12.7. The number of hydrogen-bond acceptors (Lipinski definition) is 3. The first-order valence-corrected chi connectivity index (χ1v) is 7.51. The second-order valence-electron chi connectivity index (χ2n) is 7.63. The third-order valence-electron chi connectivity index (χ3n) is 5.04. The number of rotatable bonds is 5. The first kappa shape index (κ1) is 14.3. The molecule has 3 nitrogen and oxygen atoms in total. The molecule has 2 rings (SSSR count). The lowest BCUT2D eigenvalue weighted by Crippen LogP contribution is -2.56. The van der Waals surface area contributed by atoms with E-state index in [-0.39, 0.29) is 11.0 Å². The maximum absolute atomic E-state index is 6.29. The molecule has 1 heterocycles. The van der Waals surface area contributed by atoms with Gasteiger partial charge in [0.05, 0.1) is 0 Å². The van der Waals surface area contributed by atoms with E-state index < -0.39 is 0 Å². The highest BCUT2D eigenvalue weighted by Gasteiger charge is 2.36. The second-order valence-corrected chi connectivity index (χ2v) is 7.63. The van der Waals surface area contributed by atoms with Gasteiger partial charge in [0.25, 0.3) is 0 Å². The highest BCUT2D eigenvalue weighted by atomic mass is 15.3. The smallest absolute Gasteiger partial charge is 0.0161 e. The third kappa shape index (κ3) is 3.69. The van der Waals surface area contributed by atoms with Gasteiger partial charge in [-0.2, -0.15) is 0 Å². The van der Waals surface area contributed by atoms with Crippen molar-refractivity contribution in [3.63, 3.8) is 0 Å². The summed E-state index contributed by atoms with van der Waals surface area (Å²) in [6, 6.07) is 0. The van der Waals surface area contributed by atoms with E-state index in [9.17, 15) is 0 Å². The van der Waals surface area contributed by atoms with Gasteiger partial charge in [-0.15, -0.1) is 0 Å². The molecular weight excluding hydrogens is 222 g/mol. The number of nitrogens with two attached hydrogens (primary N) is 1. The monoisotopic (exact) mass is 253 g/mol. The van der Waals surface area contributed by atoms with E-state index in [1.165, 1.54) is 45.6 Å². The van der Waals surface area contributed by atoms with Crippen LogP contribution in [-0.4, -0.2) is 54.6 Å². The molecule has 1 aliphatic carbocycles. The second kappa shape index (κ2) is 5.10. The van der Waals surface area contributed by atoms with E-state index in [0.29, 0.717) is 0 Å². The standard InChI is InChI=1S/C15H31N3/c1-14(2,15(3,4)16)12-18-9-7-17(8-10-18)11-13-5-6-13/h13H,5-12,16H2,1-4H3. The fraction of sp³-hybridized carbons (Fsp3) is 1.00. The Balaban J connectivity index is 1.75. The summed E-state index contributed by atoms with van der Waals surface area (Å²) in [5.74, 6) is 1.02. The van der Waals surface area contributed by atoms with Crippen molar-refractivity contribution in [3.8, 4) is 0 Å². The Morgan fingerprint density at radius 3 is 1.89 bits per heavy atom. The van der Waals surface area contributed by atoms with Gasteiger partial charge >= 0.3 is 0 Å². The quantitative estimate of drug-likeness (QED) is 0.810. The van der Waals surface area contributed by atoms with Gasteiger partial charge in [-0.1, -0.05) is 13.8 Å². The lowest BCUT2D eigenvalue weighted by molar-refractivity contribution is 0.0665. The van der Waals surface area contributed by atoms with Crippen LogP contribution in [0.1, 0.15) is 40.5 Å². The van der Waals surface area contributed by atoms with Gasteiger partial charge in [0.15, 0.2) is 0 Å². The molecule has 2 fully saturated rings. The average molecular weight is 253 g/mol. The normalized spacial score (nSPS) is 24.5. The van der Waals surface area contributed by atoms with E-state index in [1.54, 1.807) is 0 Å². The van der Waals surface area contributed by atoms with Crippen molar-refractivity contribution in [2.24, 2.45) is 17.1 Å². The van der Waals surface area contributed by atoms with Crippen LogP contribution in [0.2, 0.25) is 0 Å². The minimum absolute atomic E-state index is 0.113. The fourth-order valence-electron chi connectivity index (χ4n) is 2.56. The molecule has 18 heavy (non-hydrogen) atoms. The lowest BCUT2D eigenvalue weighted by atomic mass is 9.75. The summed E-state index contributed by atoms with van der Waals surface area (Å²) < 4.78 is 0. The van der Waals surface area contributed by atoms with Crippen molar-refractivity contribution in [2.45, 2.75) is 46.1 Å². The summed E-state index contributed by atoms with van der Waals surface area (Å²) in [5.41, 5.74) is 6.35. The zero-order chi connectivity index (χ0) is 13.4. The van der Waals surface area contributed by atoms with Crippen LogP contribution in [0, 0.1) is 11.3 Å². The van der Waals surface area contributed by atoms with Crippen LogP contribution in [0.5, 0.6) is 0 Å². The van der Waals surface area contributed by atoms with Crippen LogP contribution < -0.4 is 5.73 Å². The first-order valence-electron chi connectivity index (χ1n) is 7.51. The summed E-state index contributed by atoms with van der Waals surface area (Å²) in [5, 5.41) is 0. The minimum Gasteiger partial charge on any atom is -0.325 e. The predicted molar refractivity (Wildman–Crippen MR) is 77.7 cm³/mol. The van der Waals surface area contributed by atoms with Crippen LogP contribution in [-0.2, 0) is 0 Å². The summed E-state index contributed by atoms with van der Waals surface area (Å²) >= 11 is 0. The zero-order valence-electron chi connectivity index (χ0n) is 12.7. The van der Waals surface area contributed by atoms with Crippen molar-refractivity contribution in [1.82, 2.24) is 9.80 Å². The average Bonchev–Trinajstić information content (AvgIpc) is 3.03. The Kier molecular flexibility index (Phi) is 4.05. The molecular formula is C15H31N3. The van der Waals surface area contributed by atoms with E-state index >= 15 is 0 Å². The van der Waals surface area contributed by atoms with E-state index in [1.807, 2.05) is 0 Å². The molecule has 3 heteroatoms. The molecule has 0 atom stereocenters. The molecule has 0 aromatic rings. The van der Waals surface area contributed by atoms with Crippen molar-refractivity contribution in [3.05, 3.63) is 0 Å². The van der Waals surface area contributed by atoms with Crippen LogP contribution >= 0.6 is 0 Å². The number of piperazine rings is 1. The summed E-state index contributed by atoms with van der Waals surface area (Å²) in [7, 11) is 0. The minimum atomic E-state index is -0.113. The van der Waals surface area contributed by atoms with Crippen molar-refractivity contribution in [1.29, 1.82) is 0 Å². The van der Waals surface area contributed by atoms with E-state index in [2.05, 4.69) is 37.5 Å². The predicted octanol–water partition coefficient (Wildman–Crippen LogP) is 1.78. The highest BCUT2D eigenvalue weighted by Crippen LogP contribution is 2.31. The van der Waals surface area contributed by atoms with Crippen LogP contribution in [0.3, 0.4) is 0 Å². The molecule has 0 spiro atoms. The van der Waals surface area contributed by atoms with Gasteiger partial charge in [-0.25, -0.2) is 0 Å². The maximum Gasteiger partial charge on any atom is 0.0161 e. The summed E-state index contributed by atoms with van der Waals surface area (Å²) in [4.78, 5) is 5.24. The molecule has 1 saturated heterocycles. The van der Waals surface area contributed by atoms with Gasteiger partial charge in [-0.05, 0) is 38.0 Å². The largest absolute Gasteiger partial charge is 0.325 e. The maximum atomic E-state index is 6.29. The van der Waals surface area contributed by atoms with Gasteiger partial charge in [0, 0.05) is 44.8 Å². The Hall–Kier alpha value is -0.120. The van der Waals surface area contributed by atoms with E-state index in [4.69, 9.17) is 5.73 Å². The molecule has 0 radical (unpaired) electrons. The first-order chi connectivity index (χ1) is 8.28. The molecule has 2 aliphatic rings. The molecule has 1 aliphatic heterocycles. The van der Waals surface area contributed by atoms with Gasteiger partial charge in [-0.3, -0.25) is 0 Å². The van der Waals surface area contributed by atoms with E-state index in [0.717, 1.165) is 12.5 Å². The van der Waals surface area contributed by atoms with Crippen LogP contribution in [0.4, 0.5) is 0 Å². The van der Waals surface area contributed by atoms with Crippen LogP contribution in [0.15, 0.2) is 0 Å². The van der Waals surface area contributed by atoms with Gasteiger partial charge < -0.3 is 15.5 Å².